The van der Waals surface area contributed by atoms with Gasteiger partial charge in [0.2, 0.25) is 0 Å². The number of rotatable bonds is 3. The molecule has 1 aromatic rings. The van der Waals surface area contributed by atoms with E-state index >= 15 is 0 Å². The van der Waals surface area contributed by atoms with E-state index in [2.05, 4.69) is 18.7 Å². The summed E-state index contributed by atoms with van der Waals surface area (Å²) in [6, 6.07) is 8.25. The highest BCUT2D eigenvalue weighted by atomic mass is 16.5. The monoisotopic (exact) mass is 220 g/mol. The maximum atomic E-state index is 5.91. The van der Waals surface area contributed by atoms with Crippen LogP contribution in [0.3, 0.4) is 0 Å². The number of nitrogens with two attached hydrogens (primary N) is 1. The van der Waals surface area contributed by atoms with E-state index in [1.165, 1.54) is 0 Å². The van der Waals surface area contributed by atoms with Crippen LogP contribution in [0.25, 0.3) is 0 Å². The van der Waals surface area contributed by atoms with Crippen molar-refractivity contribution in [2.24, 2.45) is 0 Å². The summed E-state index contributed by atoms with van der Waals surface area (Å²) >= 11 is 0. The molecule has 1 fully saturated rings. The Hall–Kier alpha value is -1.22. The van der Waals surface area contributed by atoms with Gasteiger partial charge in [0.1, 0.15) is 11.9 Å². The van der Waals surface area contributed by atoms with E-state index in [1.54, 1.807) is 0 Å². The summed E-state index contributed by atoms with van der Waals surface area (Å²) in [6.45, 7) is 6.62. The Labute approximate surface area is 97.2 Å². The lowest BCUT2D eigenvalue weighted by molar-refractivity contribution is 0.187. The third kappa shape index (κ3) is 2.67. The second-order valence-electron chi connectivity index (χ2n) is 4.69. The first-order valence-electron chi connectivity index (χ1n) is 5.91. The summed E-state index contributed by atoms with van der Waals surface area (Å²) in [5.74, 6) is 0.921. The van der Waals surface area contributed by atoms with Crippen LogP contribution in [0.15, 0.2) is 24.3 Å². The highest BCUT2D eigenvalue weighted by Crippen LogP contribution is 2.20. The van der Waals surface area contributed by atoms with Gasteiger partial charge in [-0.25, -0.2) is 0 Å². The summed E-state index contributed by atoms with van der Waals surface area (Å²) in [5.41, 5.74) is 6.41. The van der Waals surface area contributed by atoms with E-state index in [4.69, 9.17) is 10.5 Å². The van der Waals surface area contributed by atoms with Crippen LogP contribution in [-0.4, -0.2) is 30.1 Å². The molecule has 2 N–H and O–H groups in total. The van der Waals surface area contributed by atoms with Gasteiger partial charge in [-0.05, 0) is 44.5 Å². The SMILES string of the molecule is CC(C)N1CCC(Oc2ccc(N)cc2)C1. The van der Waals surface area contributed by atoms with Crippen molar-refractivity contribution < 1.29 is 4.74 Å². The summed E-state index contributed by atoms with van der Waals surface area (Å²) in [5, 5.41) is 0. The van der Waals surface area contributed by atoms with Crippen LogP contribution in [0, 0.1) is 0 Å². The smallest absolute Gasteiger partial charge is 0.119 e. The maximum Gasteiger partial charge on any atom is 0.119 e. The number of anilines is 1. The van der Waals surface area contributed by atoms with Crippen molar-refractivity contribution in [1.29, 1.82) is 0 Å². The maximum absolute atomic E-state index is 5.91. The molecule has 0 spiro atoms. The Morgan fingerprint density at radius 1 is 1.31 bits per heavy atom. The number of benzene rings is 1. The van der Waals surface area contributed by atoms with Gasteiger partial charge in [-0.15, -0.1) is 0 Å². The van der Waals surface area contributed by atoms with Crippen molar-refractivity contribution >= 4 is 5.69 Å². The van der Waals surface area contributed by atoms with E-state index in [0.717, 1.165) is 30.9 Å². The first-order valence-corrected chi connectivity index (χ1v) is 5.91. The fraction of sp³-hybridized carbons (Fsp3) is 0.538. The predicted octanol–water partition coefficient (Wildman–Crippen LogP) is 2.13. The average molecular weight is 220 g/mol. The second-order valence-corrected chi connectivity index (χ2v) is 4.69. The second kappa shape index (κ2) is 4.74. The topological polar surface area (TPSA) is 38.5 Å². The molecule has 0 saturated carbocycles. The number of ether oxygens (including phenoxy) is 1. The number of nitrogen functional groups attached to an aromatic ring is 1. The van der Waals surface area contributed by atoms with Gasteiger partial charge in [0, 0.05) is 24.8 Å². The van der Waals surface area contributed by atoms with Gasteiger partial charge in [0.25, 0.3) is 0 Å². The zero-order valence-electron chi connectivity index (χ0n) is 10.0. The highest BCUT2D eigenvalue weighted by molar-refractivity contribution is 5.41. The van der Waals surface area contributed by atoms with Crippen LogP contribution in [0.4, 0.5) is 5.69 Å². The molecule has 88 valence electrons. The van der Waals surface area contributed by atoms with Crippen LogP contribution < -0.4 is 10.5 Å². The van der Waals surface area contributed by atoms with Crippen LogP contribution in [0.2, 0.25) is 0 Å². The van der Waals surface area contributed by atoms with E-state index in [1.807, 2.05) is 24.3 Å². The summed E-state index contributed by atoms with van der Waals surface area (Å²) in [7, 11) is 0. The van der Waals surface area contributed by atoms with Crippen molar-refractivity contribution in [1.82, 2.24) is 4.90 Å². The van der Waals surface area contributed by atoms with Crippen molar-refractivity contribution in [3.05, 3.63) is 24.3 Å². The molecule has 1 atom stereocenters. The minimum Gasteiger partial charge on any atom is -0.489 e. The molecule has 3 heteroatoms. The molecule has 1 aliphatic heterocycles. The van der Waals surface area contributed by atoms with Gasteiger partial charge in [0.15, 0.2) is 0 Å². The normalized spacial score (nSPS) is 21.6. The summed E-state index contributed by atoms with van der Waals surface area (Å²) in [4.78, 5) is 2.45. The molecule has 1 aliphatic rings. The lowest BCUT2D eigenvalue weighted by Gasteiger charge is -2.20. The molecule has 1 aromatic carbocycles. The number of hydrogen-bond donors (Lipinski definition) is 1. The van der Waals surface area contributed by atoms with Crippen molar-refractivity contribution in [2.75, 3.05) is 18.8 Å². The van der Waals surface area contributed by atoms with Crippen LogP contribution in [0.5, 0.6) is 5.75 Å². The molecule has 1 heterocycles. The molecule has 3 nitrogen and oxygen atoms in total. The molecular formula is C13H20N2O. The quantitative estimate of drug-likeness (QED) is 0.793. The molecule has 0 amide bonds. The Bertz CT molecular complexity index is 334. The summed E-state index contributed by atoms with van der Waals surface area (Å²) in [6.07, 6.45) is 1.44. The minimum atomic E-state index is 0.325. The fourth-order valence-electron chi connectivity index (χ4n) is 2.06. The molecule has 0 bridgehead atoms. The fourth-order valence-corrected chi connectivity index (χ4v) is 2.06. The average Bonchev–Trinajstić information content (AvgIpc) is 2.70. The van der Waals surface area contributed by atoms with Gasteiger partial charge < -0.3 is 10.5 Å². The molecule has 2 rings (SSSR count). The molecule has 0 radical (unpaired) electrons. The van der Waals surface area contributed by atoms with Crippen LogP contribution in [-0.2, 0) is 0 Å². The molecule has 1 unspecified atom stereocenters. The molecule has 0 aliphatic carbocycles. The zero-order chi connectivity index (χ0) is 11.5. The van der Waals surface area contributed by atoms with Crippen molar-refractivity contribution in [3.63, 3.8) is 0 Å². The molecule has 1 saturated heterocycles. The minimum absolute atomic E-state index is 0.325. The number of hydrogen-bond acceptors (Lipinski definition) is 3. The summed E-state index contributed by atoms with van der Waals surface area (Å²) < 4.78 is 5.91. The molecule has 0 aromatic heterocycles. The Kier molecular flexibility index (Phi) is 3.34. The van der Waals surface area contributed by atoms with E-state index in [0.29, 0.717) is 12.1 Å². The number of likely N-dealkylation sites (tertiary alicyclic amines) is 1. The molecule has 16 heavy (non-hydrogen) atoms. The van der Waals surface area contributed by atoms with Gasteiger partial charge in [-0.1, -0.05) is 0 Å². The first-order chi connectivity index (χ1) is 7.65. The van der Waals surface area contributed by atoms with Gasteiger partial charge in [0.05, 0.1) is 0 Å². The van der Waals surface area contributed by atoms with Crippen LogP contribution in [0.1, 0.15) is 20.3 Å². The Morgan fingerprint density at radius 2 is 2.00 bits per heavy atom. The Morgan fingerprint density at radius 3 is 2.56 bits per heavy atom. The highest BCUT2D eigenvalue weighted by Gasteiger charge is 2.25. The van der Waals surface area contributed by atoms with Gasteiger partial charge in [-0.3, -0.25) is 4.90 Å². The largest absolute Gasteiger partial charge is 0.489 e. The predicted molar refractivity (Wildman–Crippen MR) is 66.6 cm³/mol. The third-order valence-corrected chi connectivity index (χ3v) is 3.09. The van der Waals surface area contributed by atoms with Crippen LogP contribution >= 0.6 is 0 Å². The van der Waals surface area contributed by atoms with Gasteiger partial charge >= 0.3 is 0 Å². The van der Waals surface area contributed by atoms with E-state index in [-0.39, 0.29) is 0 Å². The standard InChI is InChI=1S/C13H20N2O/c1-10(2)15-8-7-13(9-15)16-12-5-3-11(14)4-6-12/h3-6,10,13H,7-9,14H2,1-2H3. The van der Waals surface area contributed by atoms with Crippen molar-refractivity contribution in [3.8, 4) is 5.75 Å². The van der Waals surface area contributed by atoms with Crippen molar-refractivity contribution in [2.45, 2.75) is 32.4 Å². The van der Waals surface area contributed by atoms with E-state index in [9.17, 15) is 0 Å². The molecular weight excluding hydrogens is 200 g/mol. The zero-order valence-corrected chi connectivity index (χ0v) is 10.0. The lowest BCUT2D eigenvalue weighted by Crippen LogP contribution is -2.30. The van der Waals surface area contributed by atoms with Gasteiger partial charge in [-0.2, -0.15) is 0 Å². The Balaban J connectivity index is 1.89. The lowest BCUT2D eigenvalue weighted by atomic mass is 10.3. The third-order valence-electron chi connectivity index (χ3n) is 3.09. The van der Waals surface area contributed by atoms with E-state index < -0.39 is 0 Å². The first kappa shape index (κ1) is 11.3. The number of nitrogens with zero attached hydrogens (tertiary/aromatic N) is 1.